The molecule has 1 aliphatic heterocycles. The zero-order chi connectivity index (χ0) is 17.3. The van der Waals surface area contributed by atoms with Crippen molar-refractivity contribution in [3.8, 4) is 0 Å². The zero-order valence-corrected chi connectivity index (χ0v) is 17.0. The van der Waals surface area contributed by atoms with Gasteiger partial charge in [-0.1, -0.05) is 74.0 Å². The monoisotopic (exact) mass is 371 g/mol. The Kier molecular flexibility index (Phi) is 9.22. The molecule has 26 heavy (non-hydrogen) atoms. The third kappa shape index (κ3) is 6.14. The molecule has 0 aliphatic carbocycles. The molecule has 0 saturated carbocycles. The lowest BCUT2D eigenvalue weighted by Gasteiger charge is -2.42. The summed E-state index contributed by atoms with van der Waals surface area (Å²) in [6, 6.07) is 23.6. The molecule has 1 nitrogen and oxygen atoms in total. The highest BCUT2D eigenvalue weighted by atomic mass is 35.5. The number of piperidine rings is 1. The molecule has 2 aromatic carbocycles. The summed E-state index contributed by atoms with van der Waals surface area (Å²) in [6.45, 7) is 3.59. The fourth-order valence-electron chi connectivity index (χ4n) is 4.42. The highest BCUT2D eigenvalue weighted by molar-refractivity contribution is 5.85. The van der Waals surface area contributed by atoms with Crippen LogP contribution in [-0.2, 0) is 12.8 Å². The Balaban J connectivity index is 0.00000243. The van der Waals surface area contributed by atoms with Crippen LogP contribution in [0.2, 0.25) is 0 Å². The molecule has 0 bridgehead atoms. The van der Waals surface area contributed by atoms with Crippen LogP contribution in [0.5, 0.6) is 0 Å². The van der Waals surface area contributed by atoms with Crippen LogP contribution in [0.1, 0.15) is 56.6 Å². The van der Waals surface area contributed by atoms with Crippen LogP contribution >= 0.6 is 12.4 Å². The van der Waals surface area contributed by atoms with Gasteiger partial charge in [0.2, 0.25) is 0 Å². The largest absolute Gasteiger partial charge is 0.297 e. The van der Waals surface area contributed by atoms with Crippen molar-refractivity contribution in [1.29, 1.82) is 0 Å². The molecular formula is C24H34ClN. The molecule has 2 unspecified atom stereocenters. The minimum atomic E-state index is 0. The number of rotatable bonds is 8. The van der Waals surface area contributed by atoms with Gasteiger partial charge < -0.3 is 0 Å². The van der Waals surface area contributed by atoms with Gasteiger partial charge in [-0.15, -0.1) is 12.4 Å². The average Bonchev–Trinajstić information content (AvgIpc) is 2.68. The summed E-state index contributed by atoms with van der Waals surface area (Å²) in [7, 11) is 0. The fraction of sp³-hybridized carbons (Fsp3) is 0.500. The van der Waals surface area contributed by atoms with Gasteiger partial charge in [0.25, 0.3) is 0 Å². The molecule has 1 fully saturated rings. The standard InChI is InChI=1S/C24H33N.ClH/c1-2-20-25-23(18-16-21-10-5-3-6-11-21)14-9-15-24(25)19-17-22-12-7-4-8-13-22;/h3-8,10-13,23-24H,2,9,14-20H2,1H3;1H. The van der Waals surface area contributed by atoms with E-state index in [2.05, 4.69) is 72.5 Å². The van der Waals surface area contributed by atoms with Gasteiger partial charge in [0.15, 0.2) is 0 Å². The minimum Gasteiger partial charge on any atom is -0.297 e. The van der Waals surface area contributed by atoms with Crippen LogP contribution in [-0.4, -0.2) is 23.5 Å². The maximum absolute atomic E-state index is 2.86. The molecule has 1 saturated heterocycles. The number of nitrogens with zero attached hydrogens (tertiary/aromatic N) is 1. The molecule has 0 radical (unpaired) electrons. The topological polar surface area (TPSA) is 3.24 Å². The molecule has 1 heterocycles. The Bertz CT molecular complexity index is 547. The van der Waals surface area contributed by atoms with Gasteiger partial charge in [0.05, 0.1) is 0 Å². The number of halogens is 1. The van der Waals surface area contributed by atoms with E-state index in [1.54, 1.807) is 0 Å². The normalized spacial score (nSPS) is 20.5. The van der Waals surface area contributed by atoms with Crippen LogP contribution in [0.3, 0.4) is 0 Å². The highest BCUT2D eigenvalue weighted by Crippen LogP contribution is 2.29. The number of hydrogen-bond donors (Lipinski definition) is 0. The van der Waals surface area contributed by atoms with Crippen LogP contribution in [0, 0.1) is 0 Å². The molecule has 0 amide bonds. The van der Waals surface area contributed by atoms with E-state index < -0.39 is 0 Å². The van der Waals surface area contributed by atoms with Crippen molar-refractivity contribution < 1.29 is 0 Å². The Hall–Kier alpha value is -1.31. The summed E-state index contributed by atoms with van der Waals surface area (Å²) in [4.78, 5) is 2.86. The Labute approximate surface area is 166 Å². The lowest BCUT2D eigenvalue weighted by molar-refractivity contribution is 0.0725. The maximum atomic E-state index is 2.86. The quantitative estimate of drug-likeness (QED) is 0.525. The summed E-state index contributed by atoms with van der Waals surface area (Å²) >= 11 is 0. The molecule has 0 spiro atoms. The molecule has 2 aromatic rings. The molecule has 0 N–H and O–H groups in total. The van der Waals surface area contributed by atoms with Crippen molar-refractivity contribution in [3.63, 3.8) is 0 Å². The number of likely N-dealkylation sites (tertiary alicyclic amines) is 1. The Morgan fingerprint density at radius 3 is 1.65 bits per heavy atom. The molecule has 142 valence electrons. The Morgan fingerprint density at radius 2 is 1.23 bits per heavy atom. The van der Waals surface area contributed by atoms with E-state index in [1.807, 2.05) is 0 Å². The van der Waals surface area contributed by atoms with Gasteiger partial charge in [0, 0.05) is 12.1 Å². The van der Waals surface area contributed by atoms with Crippen molar-refractivity contribution in [3.05, 3.63) is 71.8 Å². The lowest BCUT2D eigenvalue weighted by atomic mass is 9.88. The van der Waals surface area contributed by atoms with Crippen molar-refractivity contribution >= 4 is 12.4 Å². The van der Waals surface area contributed by atoms with Gasteiger partial charge in [-0.2, -0.15) is 0 Å². The van der Waals surface area contributed by atoms with Gasteiger partial charge in [-0.3, -0.25) is 4.90 Å². The van der Waals surface area contributed by atoms with Crippen molar-refractivity contribution in [2.24, 2.45) is 0 Å². The first-order valence-electron chi connectivity index (χ1n) is 10.2. The van der Waals surface area contributed by atoms with E-state index in [-0.39, 0.29) is 12.4 Å². The summed E-state index contributed by atoms with van der Waals surface area (Å²) in [6.07, 6.45) is 10.5. The number of benzene rings is 2. The molecule has 3 rings (SSSR count). The molecular weight excluding hydrogens is 338 g/mol. The van der Waals surface area contributed by atoms with Crippen LogP contribution in [0.25, 0.3) is 0 Å². The second kappa shape index (κ2) is 11.4. The van der Waals surface area contributed by atoms with Gasteiger partial charge in [-0.25, -0.2) is 0 Å². The summed E-state index contributed by atoms with van der Waals surface area (Å²) < 4.78 is 0. The maximum Gasteiger partial charge on any atom is 0.0101 e. The van der Waals surface area contributed by atoms with E-state index in [9.17, 15) is 0 Å². The van der Waals surface area contributed by atoms with E-state index in [0.717, 1.165) is 12.1 Å². The van der Waals surface area contributed by atoms with Crippen molar-refractivity contribution in [2.75, 3.05) is 6.54 Å². The first-order chi connectivity index (χ1) is 12.4. The Morgan fingerprint density at radius 1 is 0.769 bits per heavy atom. The van der Waals surface area contributed by atoms with Crippen LogP contribution in [0.15, 0.2) is 60.7 Å². The smallest absolute Gasteiger partial charge is 0.0101 e. The van der Waals surface area contributed by atoms with Crippen molar-refractivity contribution in [2.45, 2.75) is 70.4 Å². The third-order valence-electron chi connectivity index (χ3n) is 5.71. The van der Waals surface area contributed by atoms with Crippen LogP contribution < -0.4 is 0 Å². The molecule has 0 aromatic heterocycles. The first-order valence-corrected chi connectivity index (χ1v) is 10.2. The van der Waals surface area contributed by atoms with Gasteiger partial charge in [0.1, 0.15) is 0 Å². The molecule has 2 heteroatoms. The number of hydrogen-bond acceptors (Lipinski definition) is 1. The van der Waals surface area contributed by atoms with E-state index >= 15 is 0 Å². The van der Waals surface area contributed by atoms with Crippen molar-refractivity contribution in [1.82, 2.24) is 4.90 Å². The van der Waals surface area contributed by atoms with E-state index in [0.29, 0.717) is 0 Å². The van der Waals surface area contributed by atoms with Gasteiger partial charge >= 0.3 is 0 Å². The lowest BCUT2D eigenvalue weighted by Crippen LogP contribution is -2.47. The summed E-state index contributed by atoms with van der Waals surface area (Å²) in [5.74, 6) is 0. The predicted octanol–water partition coefficient (Wildman–Crippen LogP) is 6.31. The average molecular weight is 372 g/mol. The molecule has 2 atom stereocenters. The highest BCUT2D eigenvalue weighted by Gasteiger charge is 2.29. The zero-order valence-electron chi connectivity index (χ0n) is 16.1. The fourth-order valence-corrected chi connectivity index (χ4v) is 4.42. The van der Waals surface area contributed by atoms with E-state index in [1.165, 1.54) is 69.0 Å². The number of aryl methyl sites for hydroxylation is 2. The van der Waals surface area contributed by atoms with Gasteiger partial charge in [-0.05, 0) is 62.6 Å². The minimum absolute atomic E-state index is 0. The molecule has 1 aliphatic rings. The van der Waals surface area contributed by atoms with E-state index in [4.69, 9.17) is 0 Å². The summed E-state index contributed by atoms with van der Waals surface area (Å²) in [5, 5.41) is 0. The summed E-state index contributed by atoms with van der Waals surface area (Å²) in [5.41, 5.74) is 2.98. The predicted molar refractivity (Wildman–Crippen MR) is 115 cm³/mol. The first kappa shape index (κ1) is 21.0. The third-order valence-corrected chi connectivity index (χ3v) is 5.71. The SMILES string of the molecule is CCCN1C(CCc2ccccc2)CCCC1CCc1ccccc1.Cl. The second-order valence-corrected chi connectivity index (χ2v) is 7.52. The van der Waals surface area contributed by atoms with Crippen LogP contribution in [0.4, 0.5) is 0 Å². The second-order valence-electron chi connectivity index (χ2n) is 7.52.